The molecule has 0 unspecified atom stereocenters. The van der Waals surface area contributed by atoms with E-state index in [0.717, 1.165) is 72.4 Å². The zero-order valence-electron chi connectivity index (χ0n) is 25.8. The first-order chi connectivity index (χ1) is 22.1. The smallest absolute Gasteiger partial charge is 0.163 e. The summed E-state index contributed by atoms with van der Waals surface area (Å²) >= 11 is 7.01. The first-order valence-corrected chi connectivity index (χ1v) is 17.7. The molecule has 0 amide bonds. The van der Waals surface area contributed by atoms with Crippen LogP contribution in [0.2, 0.25) is 0 Å². The predicted molar refractivity (Wildman–Crippen MR) is 193 cm³/mol. The number of nitrogens with zero attached hydrogens (tertiary/aromatic N) is 2. The van der Waals surface area contributed by atoms with Gasteiger partial charge >= 0.3 is 0 Å². The van der Waals surface area contributed by atoms with Gasteiger partial charge in [0.1, 0.15) is 13.2 Å². The normalized spacial score (nSPS) is 15.0. The maximum Gasteiger partial charge on any atom is 0.163 e. The van der Waals surface area contributed by atoms with Crippen LogP contribution in [0.1, 0.15) is 36.8 Å². The topological polar surface area (TPSA) is 82.5 Å². The molecule has 7 nitrogen and oxygen atoms in total. The van der Waals surface area contributed by atoms with E-state index in [4.69, 9.17) is 15.2 Å². The van der Waals surface area contributed by atoms with Gasteiger partial charge in [0.25, 0.3) is 0 Å². The van der Waals surface area contributed by atoms with Crippen LogP contribution in [0.5, 0.6) is 11.5 Å². The number of piperazine rings is 1. The number of rotatable bonds is 10. The van der Waals surface area contributed by atoms with Gasteiger partial charge in [-0.25, -0.2) is 0 Å². The third-order valence-electron chi connectivity index (χ3n) is 8.79. The molecule has 4 N–H and O–H groups in total. The number of H-pyrrole nitrogens is 2. The molecule has 2 aromatic heterocycles. The third kappa shape index (κ3) is 8.25. The maximum absolute atomic E-state index is 5.74. The summed E-state index contributed by atoms with van der Waals surface area (Å²) in [6, 6.07) is 19.2. The second-order valence-corrected chi connectivity index (χ2v) is 13.7. The highest BCUT2D eigenvalue weighted by Gasteiger charge is 2.19. The molecular weight excluding hydrogens is 694 g/mol. The van der Waals surface area contributed by atoms with Gasteiger partial charge < -0.3 is 30.1 Å². The minimum atomic E-state index is 0.639. The molecular formula is C36H43Br2N5O2. The second-order valence-electron chi connectivity index (χ2n) is 11.9. The Morgan fingerprint density at radius 2 is 1.27 bits per heavy atom. The van der Waals surface area contributed by atoms with Gasteiger partial charge in [0.15, 0.2) is 11.5 Å². The molecule has 4 heterocycles. The van der Waals surface area contributed by atoms with E-state index in [9.17, 15) is 0 Å². The zero-order chi connectivity index (χ0) is 31.0. The minimum Gasteiger partial charge on any atom is -0.486 e. The number of hydrogen-bond acceptors (Lipinski definition) is 5. The van der Waals surface area contributed by atoms with Gasteiger partial charge in [0.05, 0.1) is 0 Å². The molecule has 1 fully saturated rings. The average molecular weight is 738 g/mol. The van der Waals surface area contributed by atoms with Crippen LogP contribution in [-0.4, -0.2) is 67.4 Å². The van der Waals surface area contributed by atoms with Crippen LogP contribution < -0.4 is 20.1 Å². The predicted octanol–water partition coefficient (Wildman–Crippen LogP) is 8.06. The van der Waals surface area contributed by atoms with Gasteiger partial charge in [-0.1, -0.05) is 44.0 Å². The number of benzene rings is 3. The van der Waals surface area contributed by atoms with Crippen molar-refractivity contribution >= 4 is 59.4 Å². The fourth-order valence-corrected chi connectivity index (χ4v) is 7.02. The highest BCUT2D eigenvalue weighted by Crippen LogP contribution is 2.34. The van der Waals surface area contributed by atoms with E-state index in [2.05, 4.69) is 113 Å². The number of aromatic amines is 2. The van der Waals surface area contributed by atoms with Crippen molar-refractivity contribution in [3.63, 3.8) is 0 Å². The van der Waals surface area contributed by atoms with Crippen LogP contribution >= 0.6 is 31.9 Å². The third-order valence-corrected chi connectivity index (χ3v) is 9.78. The molecule has 3 aromatic carbocycles. The number of ether oxygens (including phenoxy) is 2. The molecule has 0 aliphatic carbocycles. The van der Waals surface area contributed by atoms with E-state index in [1.54, 1.807) is 0 Å². The number of aryl methyl sites for hydroxylation is 2. The summed E-state index contributed by atoms with van der Waals surface area (Å²) in [5.74, 6) is 1.75. The number of fused-ring (bicyclic) bond motifs is 3. The fraction of sp³-hybridized carbons (Fsp3) is 0.389. The Kier molecular flexibility index (Phi) is 11.0. The number of anilines is 1. The van der Waals surface area contributed by atoms with Crippen LogP contribution in [0.15, 0.2) is 75.9 Å². The molecule has 5 aromatic rings. The Balaban J connectivity index is 0.000000200. The lowest BCUT2D eigenvalue weighted by atomic mass is 10.1. The molecule has 9 heteroatoms. The number of unbranched alkanes of at least 4 members (excludes halogenated alkanes) is 2. The molecule has 2 aliphatic heterocycles. The van der Waals surface area contributed by atoms with Gasteiger partial charge in [-0.3, -0.25) is 4.90 Å². The van der Waals surface area contributed by atoms with Crippen molar-refractivity contribution in [3.05, 3.63) is 87.1 Å². The standard InChI is InChI=1S/C24H28BrN3O2.C12H15BrN2/c25-19-4-6-21-18(17-26-22(21)15-19)3-1-2-8-27-9-11-28(12-10-27)20-5-7-23-24(16-20)30-14-13-29-23;13-10-4-5-11-9(3-1-2-6-14)8-15-12(11)7-10/h4-7,15-17,26H,1-3,8-14H2;4-5,7-8,15H,1-3,6,14H2. The Morgan fingerprint density at radius 3 is 1.89 bits per heavy atom. The van der Waals surface area contributed by atoms with Crippen LogP contribution in [0, 0.1) is 0 Å². The number of nitrogens with two attached hydrogens (primary N) is 1. The van der Waals surface area contributed by atoms with Gasteiger partial charge in [0, 0.05) is 81.1 Å². The molecule has 0 bridgehead atoms. The van der Waals surface area contributed by atoms with E-state index in [-0.39, 0.29) is 0 Å². The largest absolute Gasteiger partial charge is 0.486 e. The highest BCUT2D eigenvalue weighted by atomic mass is 79.9. The van der Waals surface area contributed by atoms with Gasteiger partial charge in [-0.15, -0.1) is 0 Å². The quantitative estimate of drug-likeness (QED) is 0.127. The van der Waals surface area contributed by atoms with Crippen LogP contribution in [-0.2, 0) is 12.8 Å². The van der Waals surface area contributed by atoms with Crippen LogP contribution in [0.3, 0.4) is 0 Å². The average Bonchev–Trinajstić information content (AvgIpc) is 3.66. The highest BCUT2D eigenvalue weighted by molar-refractivity contribution is 9.10. The summed E-state index contributed by atoms with van der Waals surface area (Å²) in [4.78, 5) is 11.7. The van der Waals surface area contributed by atoms with E-state index in [1.165, 1.54) is 64.4 Å². The van der Waals surface area contributed by atoms with E-state index >= 15 is 0 Å². The Bertz CT molecular complexity index is 1690. The molecule has 45 heavy (non-hydrogen) atoms. The summed E-state index contributed by atoms with van der Waals surface area (Å²) in [7, 11) is 0. The number of hydrogen-bond donors (Lipinski definition) is 3. The van der Waals surface area contributed by atoms with Crippen molar-refractivity contribution in [1.82, 2.24) is 14.9 Å². The molecule has 7 rings (SSSR count). The molecule has 0 saturated carbocycles. The van der Waals surface area contributed by atoms with Gasteiger partial charge in [0.2, 0.25) is 0 Å². The fourth-order valence-electron chi connectivity index (χ4n) is 6.30. The van der Waals surface area contributed by atoms with E-state index in [1.807, 2.05) is 6.07 Å². The van der Waals surface area contributed by atoms with Crippen molar-refractivity contribution in [2.45, 2.75) is 38.5 Å². The van der Waals surface area contributed by atoms with Crippen molar-refractivity contribution in [3.8, 4) is 11.5 Å². The molecule has 1 saturated heterocycles. The SMILES string of the molecule is Brc1ccc2c(CCCCN3CCN(c4ccc5c(c4)OCCO5)CC3)c[nH]c2c1.NCCCCc1c[nH]c2cc(Br)ccc12. The zero-order valence-corrected chi connectivity index (χ0v) is 29.0. The van der Waals surface area contributed by atoms with Crippen molar-refractivity contribution in [2.24, 2.45) is 5.73 Å². The number of aromatic nitrogens is 2. The van der Waals surface area contributed by atoms with E-state index < -0.39 is 0 Å². The van der Waals surface area contributed by atoms with Crippen LogP contribution in [0.25, 0.3) is 21.8 Å². The first kappa shape index (κ1) is 32.0. The summed E-state index contributed by atoms with van der Waals surface area (Å²) in [5.41, 5.74) is 12.0. The van der Waals surface area contributed by atoms with Gasteiger partial charge in [-0.05, 0) is 99.1 Å². The summed E-state index contributed by atoms with van der Waals surface area (Å²) < 4.78 is 13.6. The molecule has 0 radical (unpaired) electrons. The van der Waals surface area contributed by atoms with Crippen LogP contribution in [0.4, 0.5) is 5.69 Å². The second kappa shape index (κ2) is 15.5. The first-order valence-electron chi connectivity index (χ1n) is 16.2. The molecule has 0 atom stereocenters. The van der Waals surface area contributed by atoms with Crippen molar-refractivity contribution in [2.75, 3.05) is 57.4 Å². The Labute approximate surface area is 282 Å². The minimum absolute atomic E-state index is 0.639. The monoisotopic (exact) mass is 735 g/mol. The summed E-state index contributed by atoms with van der Waals surface area (Å²) in [6.07, 6.45) is 11.3. The summed E-state index contributed by atoms with van der Waals surface area (Å²) in [5, 5.41) is 2.68. The van der Waals surface area contributed by atoms with Crippen molar-refractivity contribution < 1.29 is 9.47 Å². The molecule has 2 aliphatic rings. The lowest BCUT2D eigenvalue weighted by Crippen LogP contribution is -2.46. The molecule has 238 valence electrons. The summed E-state index contributed by atoms with van der Waals surface area (Å²) in [6.45, 7) is 7.62. The Hall–Kier alpha value is -2.98. The van der Waals surface area contributed by atoms with E-state index in [0.29, 0.717) is 13.2 Å². The van der Waals surface area contributed by atoms with Crippen molar-refractivity contribution in [1.29, 1.82) is 0 Å². The number of nitrogens with one attached hydrogen (secondary N) is 2. The van der Waals surface area contributed by atoms with Gasteiger partial charge in [-0.2, -0.15) is 0 Å². The number of halogens is 2. The lowest BCUT2D eigenvalue weighted by Gasteiger charge is -2.36. The lowest BCUT2D eigenvalue weighted by molar-refractivity contribution is 0.171. The Morgan fingerprint density at radius 1 is 0.667 bits per heavy atom. The molecule has 0 spiro atoms. The maximum atomic E-state index is 5.74.